The standard InChI is InChI=1S/C14H27NO2/c1-14(2)6-3-12(13(14)17)9-15-7-4-11(10-16)5-8-15/h11-13,16-17H,3-10H2,1-2H3. The maximum absolute atomic E-state index is 10.3. The molecule has 2 fully saturated rings. The van der Waals surface area contributed by atoms with Crippen molar-refractivity contribution in [2.75, 3.05) is 26.2 Å². The third-order valence-corrected chi connectivity index (χ3v) is 4.86. The molecule has 3 heteroatoms. The lowest BCUT2D eigenvalue weighted by molar-refractivity contribution is 0.0257. The van der Waals surface area contributed by atoms with Gasteiger partial charge in [0.15, 0.2) is 0 Å². The monoisotopic (exact) mass is 241 g/mol. The van der Waals surface area contributed by atoms with Gasteiger partial charge in [0.25, 0.3) is 0 Å². The van der Waals surface area contributed by atoms with E-state index in [9.17, 15) is 5.11 Å². The zero-order valence-electron chi connectivity index (χ0n) is 11.2. The molecule has 17 heavy (non-hydrogen) atoms. The highest BCUT2D eigenvalue weighted by atomic mass is 16.3. The van der Waals surface area contributed by atoms with Crippen LogP contribution in [0.4, 0.5) is 0 Å². The summed E-state index contributed by atoms with van der Waals surface area (Å²) >= 11 is 0. The second-order valence-electron chi connectivity index (χ2n) is 6.66. The summed E-state index contributed by atoms with van der Waals surface area (Å²) in [5, 5.41) is 19.4. The largest absolute Gasteiger partial charge is 0.396 e. The molecule has 2 aliphatic rings. The number of likely N-dealkylation sites (tertiary alicyclic amines) is 1. The molecule has 1 aliphatic heterocycles. The van der Waals surface area contributed by atoms with Gasteiger partial charge in [-0.3, -0.25) is 0 Å². The Kier molecular flexibility index (Phi) is 4.11. The molecule has 2 rings (SSSR count). The van der Waals surface area contributed by atoms with Gasteiger partial charge in [-0.05, 0) is 56.0 Å². The van der Waals surface area contributed by atoms with E-state index in [1.54, 1.807) is 0 Å². The van der Waals surface area contributed by atoms with Gasteiger partial charge in [0.2, 0.25) is 0 Å². The molecule has 1 saturated carbocycles. The fourth-order valence-electron chi connectivity index (χ4n) is 3.38. The molecule has 0 aromatic heterocycles. The Morgan fingerprint density at radius 3 is 2.29 bits per heavy atom. The molecule has 3 nitrogen and oxygen atoms in total. The van der Waals surface area contributed by atoms with Crippen LogP contribution in [0, 0.1) is 17.3 Å². The van der Waals surface area contributed by atoms with E-state index in [2.05, 4.69) is 18.7 Å². The number of hydrogen-bond acceptors (Lipinski definition) is 3. The third-order valence-electron chi connectivity index (χ3n) is 4.86. The second kappa shape index (κ2) is 5.25. The molecule has 2 atom stereocenters. The number of hydrogen-bond donors (Lipinski definition) is 2. The molecular formula is C14H27NO2. The highest BCUT2D eigenvalue weighted by Gasteiger charge is 2.41. The molecule has 0 aromatic carbocycles. The third kappa shape index (κ3) is 3.01. The summed E-state index contributed by atoms with van der Waals surface area (Å²) in [4.78, 5) is 2.47. The van der Waals surface area contributed by atoms with Gasteiger partial charge in [-0.15, -0.1) is 0 Å². The molecule has 1 saturated heterocycles. The number of aliphatic hydroxyl groups is 2. The first-order valence-electron chi connectivity index (χ1n) is 7.04. The fourth-order valence-corrected chi connectivity index (χ4v) is 3.38. The SMILES string of the molecule is CC1(C)CCC(CN2CCC(CO)CC2)C1O. The molecule has 0 spiro atoms. The van der Waals surface area contributed by atoms with Gasteiger partial charge < -0.3 is 15.1 Å². The first kappa shape index (κ1) is 13.3. The topological polar surface area (TPSA) is 43.7 Å². The summed E-state index contributed by atoms with van der Waals surface area (Å²) in [5.74, 6) is 0.965. The minimum Gasteiger partial charge on any atom is -0.396 e. The van der Waals surface area contributed by atoms with Crippen LogP contribution in [0.15, 0.2) is 0 Å². The van der Waals surface area contributed by atoms with Crippen LogP contribution >= 0.6 is 0 Å². The summed E-state index contributed by atoms with van der Waals surface area (Å²) in [5.41, 5.74) is 0.105. The minimum absolute atomic E-state index is 0.105. The Labute approximate surface area is 105 Å². The molecule has 0 radical (unpaired) electrons. The maximum Gasteiger partial charge on any atom is 0.0631 e. The van der Waals surface area contributed by atoms with Crippen LogP contribution in [0.5, 0.6) is 0 Å². The summed E-state index contributed by atoms with van der Waals surface area (Å²) in [6.07, 6.45) is 4.39. The number of nitrogens with zero attached hydrogens (tertiary/aromatic N) is 1. The molecular weight excluding hydrogens is 214 g/mol. The van der Waals surface area contributed by atoms with E-state index in [1.807, 2.05) is 0 Å². The van der Waals surface area contributed by atoms with E-state index in [4.69, 9.17) is 5.11 Å². The van der Waals surface area contributed by atoms with Crippen molar-refractivity contribution in [1.82, 2.24) is 4.90 Å². The van der Waals surface area contributed by atoms with Crippen molar-refractivity contribution in [1.29, 1.82) is 0 Å². The average Bonchev–Trinajstić information content (AvgIpc) is 2.57. The molecule has 2 unspecified atom stereocenters. The molecule has 1 aliphatic carbocycles. The summed E-state index contributed by atoms with van der Waals surface area (Å²) in [6, 6.07) is 0. The van der Waals surface area contributed by atoms with E-state index in [-0.39, 0.29) is 11.5 Å². The van der Waals surface area contributed by atoms with Crippen molar-refractivity contribution >= 4 is 0 Å². The van der Waals surface area contributed by atoms with Crippen molar-refractivity contribution in [3.05, 3.63) is 0 Å². The van der Waals surface area contributed by atoms with Gasteiger partial charge in [-0.2, -0.15) is 0 Å². The van der Waals surface area contributed by atoms with Gasteiger partial charge in [0.1, 0.15) is 0 Å². The lowest BCUT2D eigenvalue weighted by atomic mass is 9.87. The Morgan fingerprint density at radius 1 is 1.18 bits per heavy atom. The van der Waals surface area contributed by atoms with Gasteiger partial charge in [-0.25, -0.2) is 0 Å². The number of aliphatic hydroxyl groups excluding tert-OH is 2. The van der Waals surface area contributed by atoms with Gasteiger partial charge in [0.05, 0.1) is 6.10 Å². The van der Waals surface area contributed by atoms with Crippen molar-refractivity contribution in [3.63, 3.8) is 0 Å². The average molecular weight is 241 g/mol. The van der Waals surface area contributed by atoms with Crippen molar-refractivity contribution in [2.45, 2.75) is 45.6 Å². The quantitative estimate of drug-likeness (QED) is 0.787. The predicted octanol–water partition coefficient (Wildman–Crippen LogP) is 1.49. The van der Waals surface area contributed by atoms with Crippen LogP contribution in [0.25, 0.3) is 0 Å². The molecule has 2 N–H and O–H groups in total. The number of piperidine rings is 1. The maximum atomic E-state index is 10.3. The molecule has 100 valence electrons. The van der Waals surface area contributed by atoms with E-state index < -0.39 is 0 Å². The van der Waals surface area contributed by atoms with E-state index in [0.29, 0.717) is 18.4 Å². The molecule has 1 heterocycles. The Morgan fingerprint density at radius 2 is 1.82 bits per heavy atom. The Balaban J connectivity index is 1.79. The van der Waals surface area contributed by atoms with Crippen LogP contribution in [0.2, 0.25) is 0 Å². The lowest BCUT2D eigenvalue weighted by Gasteiger charge is -2.34. The van der Waals surface area contributed by atoms with Crippen molar-refractivity contribution in [2.24, 2.45) is 17.3 Å². The Bertz CT molecular complexity index is 247. The Hall–Kier alpha value is -0.120. The van der Waals surface area contributed by atoms with Crippen LogP contribution < -0.4 is 0 Å². The first-order valence-corrected chi connectivity index (χ1v) is 7.04. The molecule has 0 amide bonds. The van der Waals surface area contributed by atoms with Crippen LogP contribution in [0.1, 0.15) is 39.5 Å². The van der Waals surface area contributed by atoms with Crippen LogP contribution in [0.3, 0.4) is 0 Å². The summed E-state index contributed by atoms with van der Waals surface area (Å²) in [7, 11) is 0. The normalized spacial score (nSPS) is 35.3. The van der Waals surface area contributed by atoms with E-state index >= 15 is 0 Å². The van der Waals surface area contributed by atoms with Gasteiger partial charge in [0, 0.05) is 13.2 Å². The van der Waals surface area contributed by atoms with Gasteiger partial charge >= 0.3 is 0 Å². The molecule has 0 bridgehead atoms. The van der Waals surface area contributed by atoms with E-state index in [0.717, 1.165) is 45.3 Å². The van der Waals surface area contributed by atoms with Crippen LogP contribution in [-0.2, 0) is 0 Å². The summed E-state index contributed by atoms with van der Waals surface area (Å²) < 4.78 is 0. The van der Waals surface area contributed by atoms with Gasteiger partial charge in [-0.1, -0.05) is 13.8 Å². The van der Waals surface area contributed by atoms with Crippen molar-refractivity contribution in [3.8, 4) is 0 Å². The molecule has 0 aromatic rings. The zero-order chi connectivity index (χ0) is 12.5. The zero-order valence-corrected chi connectivity index (χ0v) is 11.2. The minimum atomic E-state index is -0.141. The summed E-state index contributed by atoms with van der Waals surface area (Å²) in [6.45, 7) is 7.92. The second-order valence-corrected chi connectivity index (χ2v) is 6.66. The predicted molar refractivity (Wildman–Crippen MR) is 68.8 cm³/mol. The van der Waals surface area contributed by atoms with Crippen LogP contribution in [-0.4, -0.2) is 47.5 Å². The smallest absolute Gasteiger partial charge is 0.0631 e. The lowest BCUT2D eigenvalue weighted by Crippen LogP contribution is -2.41. The first-order chi connectivity index (χ1) is 8.03. The van der Waals surface area contributed by atoms with Crippen molar-refractivity contribution < 1.29 is 10.2 Å². The fraction of sp³-hybridized carbons (Fsp3) is 1.00. The highest BCUT2D eigenvalue weighted by Crippen LogP contribution is 2.41. The number of rotatable bonds is 3. The highest BCUT2D eigenvalue weighted by molar-refractivity contribution is 4.92. The van der Waals surface area contributed by atoms with E-state index in [1.165, 1.54) is 0 Å².